The molecule has 72 valence electrons. The van der Waals surface area contributed by atoms with Gasteiger partial charge >= 0.3 is 0 Å². The van der Waals surface area contributed by atoms with Gasteiger partial charge in [-0.05, 0) is 18.2 Å². The van der Waals surface area contributed by atoms with Gasteiger partial charge in [-0.3, -0.25) is 4.98 Å². The zero-order valence-corrected chi connectivity index (χ0v) is 8.24. The standard InChI is InChI=1S/C11H12N2O/c1-12-10-3-4-11(14-2)9-7-13-6-5-8(9)10/h3-7,12H,1-2H3. The summed E-state index contributed by atoms with van der Waals surface area (Å²) < 4.78 is 5.26. The van der Waals surface area contributed by atoms with E-state index in [-0.39, 0.29) is 0 Å². The van der Waals surface area contributed by atoms with Crippen molar-refractivity contribution in [1.82, 2.24) is 4.98 Å². The van der Waals surface area contributed by atoms with Crippen LogP contribution in [-0.2, 0) is 0 Å². The van der Waals surface area contributed by atoms with E-state index in [0.717, 1.165) is 22.2 Å². The number of rotatable bonds is 2. The van der Waals surface area contributed by atoms with Crippen molar-refractivity contribution in [2.45, 2.75) is 0 Å². The van der Waals surface area contributed by atoms with Crippen LogP contribution in [0.5, 0.6) is 5.75 Å². The number of hydrogen-bond acceptors (Lipinski definition) is 3. The number of hydrogen-bond donors (Lipinski definition) is 1. The molecule has 0 aliphatic rings. The Morgan fingerprint density at radius 3 is 2.79 bits per heavy atom. The highest BCUT2D eigenvalue weighted by molar-refractivity contribution is 5.97. The maximum Gasteiger partial charge on any atom is 0.128 e. The number of nitrogens with one attached hydrogen (secondary N) is 1. The van der Waals surface area contributed by atoms with E-state index >= 15 is 0 Å². The number of nitrogens with zero attached hydrogens (tertiary/aromatic N) is 1. The lowest BCUT2D eigenvalue weighted by molar-refractivity contribution is 0.420. The fraction of sp³-hybridized carbons (Fsp3) is 0.182. The lowest BCUT2D eigenvalue weighted by Crippen LogP contribution is -1.92. The molecule has 1 N–H and O–H groups in total. The van der Waals surface area contributed by atoms with E-state index in [0.29, 0.717) is 0 Å². The Morgan fingerprint density at radius 1 is 1.21 bits per heavy atom. The van der Waals surface area contributed by atoms with Gasteiger partial charge in [0.1, 0.15) is 5.75 Å². The first-order valence-electron chi connectivity index (χ1n) is 4.45. The average molecular weight is 188 g/mol. The van der Waals surface area contributed by atoms with Crippen LogP contribution in [0.15, 0.2) is 30.6 Å². The summed E-state index contributed by atoms with van der Waals surface area (Å²) in [4.78, 5) is 4.09. The minimum atomic E-state index is 0.854. The van der Waals surface area contributed by atoms with Gasteiger partial charge in [0.05, 0.1) is 7.11 Å². The summed E-state index contributed by atoms with van der Waals surface area (Å²) in [6.07, 6.45) is 3.59. The highest BCUT2D eigenvalue weighted by Gasteiger charge is 2.04. The van der Waals surface area contributed by atoms with Crippen LogP contribution in [-0.4, -0.2) is 19.1 Å². The lowest BCUT2D eigenvalue weighted by Gasteiger charge is -2.08. The molecule has 2 rings (SSSR count). The van der Waals surface area contributed by atoms with Crippen LogP contribution in [0.4, 0.5) is 5.69 Å². The number of methoxy groups -OCH3 is 1. The molecular formula is C11H12N2O. The van der Waals surface area contributed by atoms with Crippen LogP contribution in [0.1, 0.15) is 0 Å². The molecule has 1 heterocycles. The van der Waals surface area contributed by atoms with Crippen molar-refractivity contribution in [3.63, 3.8) is 0 Å². The molecule has 0 saturated carbocycles. The second kappa shape index (κ2) is 3.54. The molecule has 0 amide bonds. The van der Waals surface area contributed by atoms with Crippen LogP contribution in [0, 0.1) is 0 Å². The van der Waals surface area contributed by atoms with Gasteiger partial charge in [-0.1, -0.05) is 0 Å². The number of anilines is 1. The fourth-order valence-electron chi connectivity index (χ4n) is 1.56. The third-order valence-electron chi connectivity index (χ3n) is 2.27. The molecule has 2 aromatic rings. The number of ether oxygens (including phenoxy) is 1. The van der Waals surface area contributed by atoms with Gasteiger partial charge in [0, 0.05) is 35.9 Å². The van der Waals surface area contributed by atoms with E-state index < -0.39 is 0 Å². The topological polar surface area (TPSA) is 34.1 Å². The minimum Gasteiger partial charge on any atom is -0.496 e. The van der Waals surface area contributed by atoms with Crippen molar-refractivity contribution in [2.75, 3.05) is 19.5 Å². The quantitative estimate of drug-likeness (QED) is 0.785. The molecule has 1 aromatic heterocycles. The van der Waals surface area contributed by atoms with Crippen LogP contribution < -0.4 is 10.1 Å². The Balaban J connectivity index is 2.78. The molecule has 0 aliphatic heterocycles. The molecular weight excluding hydrogens is 176 g/mol. The van der Waals surface area contributed by atoms with E-state index in [4.69, 9.17) is 4.74 Å². The SMILES string of the molecule is CNc1ccc(OC)c2cnccc12. The predicted octanol–water partition coefficient (Wildman–Crippen LogP) is 2.29. The highest BCUT2D eigenvalue weighted by atomic mass is 16.5. The summed E-state index contributed by atoms with van der Waals surface area (Å²) >= 11 is 0. The normalized spacial score (nSPS) is 10.1. The second-order valence-corrected chi connectivity index (χ2v) is 2.99. The third kappa shape index (κ3) is 1.27. The van der Waals surface area contributed by atoms with Gasteiger partial charge in [-0.2, -0.15) is 0 Å². The first-order chi connectivity index (χ1) is 6.86. The molecule has 0 bridgehead atoms. The van der Waals surface area contributed by atoms with Crippen molar-refractivity contribution in [2.24, 2.45) is 0 Å². The van der Waals surface area contributed by atoms with E-state index in [9.17, 15) is 0 Å². The number of benzene rings is 1. The van der Waals surface area contributed by atoms with Gasteiger partial charge < -0.3 is 10.1 Å². The van der Waals surface area contributed by atoms with Crippen molar-refractivity contribution in [3.05, 3.63) is 30.6 Å². The van der Waals surface area contributed by atoms with Crippen molar-refractivity contribution < 1.29 is 4.74 Å². The van der Waals surface area contributed by atoms with Gasteiger partial charge in [0.2, 0.25) is 0 Å². The lowest BCUT2D eigenvalue weighted by atomic mass is 10.1. The van der Waals surface area contributed by atoms with Crippen LogP contribution >= 0.6 is 0 Å². The van der Waals surface area contributed by atoms with Gasteiger partial charge in [0.15, 0.2) is 0 Å². The molecule has 0 spiro atoms. The Labute approximate surface area is 82.7 Å². The highest BCUT2D eigenvalue weighted by Crippen LogP contribution is 2.30. The smallest absolute Gasteiger partial charge is 0.128 e. The fourth-order valence-corrected chi connectivity index (χ4v) is 1.56. The third-order valence-corrected chi connectivity index (χ3v) is 2.27. The van der Waals surface area contributed by atoms with Crippen molar-refractivity contribution in [1.29, 1.82) is 0 Å². The van der Waals surface area contributed by atoms with Gasteiger partial charge in [-0.15, -0.1) is 0 Å². The zero-order valence-electron chi connectivity index (χ0n) is 8.24. The first-order valence-corrected chi connectivity index (χ1v) is 4.45. The van der Waals surface area contributed by atoms with Crippen LogP contribution in [0.2, 0.25) is 0 Å². The Morgan fingerprint density at radius 2 is 2.07 bits per heavy atom. The largest absolute Gasteiger partial charge is 0.496 e. The molecule has 0 fully saturated rings. The summed E-state index contributed by atoms with van der Waals surface area (Å²) in [5.74, 6) is 0.854. The summed E-state index contributed by atoms with van der Waals surface area (Å²) in [6, 6.07) is 5.92. The molecule has 0 aliphatic carbocycles. The zero-order chi connectivity index (χ0) is 9.97. The molecule has 0 radical (unpaired) electrons. The Bertz CT molecular complexity index is 411. The van der Waals surface area contributed by atoms with Crippen LogP contribution in [0.25, 0.3) is 10.8 Å². The van der Waals surface area contributed by atoms with E-state index in [1.807, 2.05) is 31.4 Å². The van der Waals surface area contributed by atoms with Crippen LogP contribution in [0.3, 0.4) is 0 Å². The molecule has 3 heteroatoms. The van der Waals surface area contributed by atoms with Crippen molar-refractivity contribution >= 4 is 16.5 Å². The van der Waals surface area contributed by atoms with E-state index in [1.54, 1.807) is 13.3 Å². The van der Waals surface area contributed by atoms with Gasteiger partial charge in [-0.25, -0.2) is 0 Å². The molecule has 3 nitrogen and oxygen atoms in total. The first kappa shape index (κ1) is 8.81. The van der Waals surface area contributed by atoms with E-state index in [2.05, 4.69) is 10.3 Å². The molecule has 1 aromatic carbocycles. The van der Waals surface area contributed by atoms with Crippen molar-refractivity contribution in [3.8, 4) is 5.75 Å². The molecule has 0 saturated heterocycles. The monoisotopic (exact) mass is 188 g/mol. The maximum absolute atomic E-state index is 5.26. The molecule has 0 unspecified atom stereocenters. The van der Waals surface area contributed by atoms with Gasteiger partial charge in [0.25, 0.3) is 0 Å². The Hall–Kier alpha value is -1.77. The number of fused-ring (bicyclic) bond motifs is 1. The minimum absolute atomic E-state index is 0.854. The summed E-state index contributed by atoms with van der Waals surface area (Å²) in [6.45, 7) is 0. The molecule has 0 atom stereocenters. The predicted molar refractivity (Wildman–Crippen MR) is 57.8 cm³/mol. The van der Waals surface area contributed by atoms with E-state index in [1.165, 1.54) is 0 Å². The molecule has 14 heavy (non-hydrogen) atoms. The average Bonchev–Trinajstić information content (AvgIpc) is 2.27. The number of aromatic nitrogens is 1. The second-order valence-electron chi connectivity index (χ2n) is 2.99. The Kier molecular flexibility index (Phi) is 2.23. The maximum atomic E-state index is 5.26. The summed E-state index contributed by atoms with van der Waals surface area (Å²) in [5, 5.41) is 5.29. The summed E-state index contributed by atoms with van der Waals surface area (Å²) in [5.41, 5.74) is 1.09. The summed E-state index contributed by atoms with van der Waals surface area (Å²) in [7, 11) is 3.57. The number of pyridine rings is 1.